The summed E-state index contributed by atoms with van der Waals surface area (Å²) in [6, 6.07) is 0. The Morgan fingerprint density at radius 2 is 1.92 bits per heavy atom. The predicted molar refractivity (Wildman–Crippen MR) is 55.6 cm³/mol. The molecule has 0 aromatic carbocycles. The summed E-state index contributed by atoms with van der Waals surface area (Å²) in [5, 5.41) is 7.39. The van der Waals surface area contributed by atoms with E-state index in [4.69, 9.17) is 5.41 Å². The third kappa shape index (κ3) is 5.42. The molecule has 0 saturated carbocycles. The summed E-state index contributed by atoms with van der Waals surface area (Å²) >= 11 is 0. The Bertz CT molecular complexity index is 242. The van der Waals surface area contributed by atoms with E-state index in [0.717, 1.165) is 5.57 Å². The van der Waals surface area contributed by atoms with Gasteiger partial charge in [0.15, 0.2) is 0 Å². The predicted octanol–water partition coefficient (Wildman–Crippen LogP) is 3.27. The van der Waals surface area contributed by atoms with Crippen molar-refractivity contribution in [3.8, 4) is 0 Å². The first-order valence-corrected chi connectivity index (χ1v) is 3.89. The van der Waals surface area contributed by atoms with Crippen molar-refractivity contribution in [1.82, 2.24) is 0 Å². The molecule has 0 aliphatic heterocycles. The van der Waals surface area contributed by atoms with E-state index in [9.17, 15) is 0 Å². The number of hydrogen-bond donors (Lipinski definition) is 1. The molecule has 0 saturated heterocycles. The van der Waals surface area contributed by atoms with Crippen LogP contribution in [-0.4, -0.2) is 5.71 Å². The number of allylic oxidation sites excluding steroid dienone is 7. The summed E-state index contributed by atoms with van der Waals surface area (Å²) in [7, 11) is 0. The third-order valence-corrected chi connectivity index (χ3v) is 1.25. The van der Waals surface area contributed by atoms with Crippen LogP contribution < -0.4 is 0 Å². The van der Waals surface area contributed by atoms with Gasteiger partial charge in [-0.3, -0.25) is 0 Å². The molecule has 1 heteroatoms. The number of nitrogens with one attached hydrogen (secondary N) is 1. The van der Waals surface area contributed by atoms with Crippen molar-refractivity contribution in [3.05, 3.63) is 48.6 Å². The van der Waals surface area contributed by atoms with Gasteiger partial charge in [-0.05, 0) is 26.0 Å². The SMILES string of the molecule is C=C/C=C(C)/C=C\C(=N)/C=C\C. The van der Waals surface area contributed by atoms with Crippen molar-refractivity contribution in [3.63, 3.8) is 0 Å². The van der Waals surface area contributed by atoms with Crippen LogP contribution in [0.4, 0.5) is 0 Å². The van der Waals surface area contributed by atoms with Crippen LogP contribution in [0.15, 0.2) is 48.6 Å². The van der Waals surface area contributed by atoms with Crippen molar-refractivity contribution < 1.29 is 0 Å². The normalized spacial score (nSPS) is 12.7. The van der Waals surface area contributed by atoms with Crippen molar-refractivity contribution in [1.29, 1.82) is 5.41 Å². The summed E-state index contributed by atoms with van der Waals surface area (Å²) in [6.07, 6.45) is 10.9. The average molecular weight is 161 g/mol. The molecule has 0 bridgehead atoms. The molecule has 0 aliphatic rings. The van der Waals surface area contributed by atoms with Gasteiger partial charge in [-0.15, -0.1) is 0 Å². The van der Waals surface area contributed by atoms with E-state index in [0.29, 0.717) is 5.71 Å². The first-order valence-electron chi connectivity index (χ1n) is 3.89. The highest BCUT2D eigenvalue weighted by Crippen LogP contribution is 1.95. The van der Waals surface area contributed by atoms with Crippen molar-refractivity contribution in [2.75, 3.05) is 0 Å². The Morgan fingerprint density at radius 1 is 1.25 bits per heavy atom. The van der Waals surface area contributed by atoms with Crippen molar-refractivity contribution in [2.24, 2.45) is 0 Å². The summed E-state index contributed by atoms with van der Waals surface area (Å²) < 4.78 is 0. The third-order valence-electron chi connectivity index (χ3n) is 1.25. The smallest absolute Gasteiger partial charge is 0.0536 e. The molecule has 0 atom stereocenters. The lowest BCUT2D eigenvalue weighted by Crippen LogP contribution is -1.82. The molecule has 64 valence electrons. The molecule has 0 unspecified atom stereocenters. The summed E-state index contributed by atoms with van der Waals surface area (Å²) in [6.45, 7) is 7.46. The quantitative estimate of drug-likeness (QED) is 0.483. The minimum Gasteiger partial charge on any atom is -0.301 e. The van der Waals surface area contributed by atoms with E-state index in [1.54, 1.807) is 18.2 Å². The van der Waals surface area contributed by atoms with Crippen LogP contribution in [0.25, 0.3) is 0 Å². The van der Waals surface area contributed by atoms with Crippen molar-refractivity contribution in [2.45, 2.75) is 13.8 Å². The lowest BCUT2D eigenvalue weighted by molar-refractivity contribution is 1.50. The summed E-state index contributed by atoms with van der Waals surface area (Å²) in [5.41, 5.74) is 1.61. The lowest BCUT2D eigenvalue weighted by atomic mass is 10.2. The van der Waals surface area contributed by atoms with Gasteiger partial charge < -0.3 is 5.41 Å². The van der Waals surface area contributed by atoms with Gasteiger partial charge in [-0.2, -0.15) is 0 Å². The Labute approximate surface area is 74.3 Å². The van der Waals surface area contributed by atoms with E-state index in [1.165, 1.54) is 0 Å². The summed E-state index contributed by atoms with van der Waals surface area (Å²) in [4.78, 5) is 0. The van der Waals surface area contributed by atoms with Gasteiger partial charge >= 0.3 is 0 Å². The molecule has 0 spiro atoms. The molecule has 0 amide bonds. The van der Waals surface area contributed by atoms with Gasteiger partial charge in [0.2, 0.25) is 0 Å². The van der Waals surface area contributed by atoms with Gasteiger partial charge in [0.1, 0.15) is 0 Å². The molecule has 1 nitrogen and oxygen atoms in total. The molecule has 1 N–H and O–H groups in total. The monoisotopic (exact) mass is 161 g/mol. The number of hydrogen-bond acceptors (Lipinski definition) is 1. The van der Waals surface area contributed by atoms with Crippen LogP contribution in [0.3, 0.4) is 0 Å². The molecule has 0 aromatic heterocycles. The molecular formula is C11H15N. The highest BCUT2D eigenvalue weighted by Gasteiger charge is 1.81. The fraction of sp³-hybridized carbons (Fsp3) is 0.182. The largest absolute Gasteiger partial charge is 0.301 e. The first kappa shape index (κ1) is 10.6. The molecule has 0 rings (SSSR count). The van der Waals surface area contributed by atoms with E-state index in [1.807, 2.05) is 32.1 Å². The molecule has 12 heavy (non-hydrogen) atoms. The minimum atomic E-state index is 0.509. The molecule has 0 fully saturated rings. The van der Waals surface area contributed by atoms with Gasteiger partial charge in [0.25, 0.3) is 0 Å². The Morgan fingerprint density at radius 3 is 2.42 bits per heavy atom. The fourth-order valence-electron chi connectivity index (χ4n) is 0.698. The average Bonchev–Trinajstić information content (AvgIpc) is 2.02. The topological polar surface area (TPSA) is 23.9 Å². The molecule has 0 aromatic rings. The van der Waals surface area contributed by atoms with Crippen molar-refractivity contribution >= 4 is 5.71 Å². The second-order valence-corrected chi connectivity index (χ2v) is 2.44. The second kappa shape index (κ2) is 6.35. The van der Waals surface area contributed by atoms with Crippen LogP contribution in [0.2, 0.25) is 0 Å². The maximum absolute atomic E-state index is 7.39. The van der Waals surface area contributed by atoms with Crippen LogP contribution in [0, 0.1) is 5.41 Å². The molecular weight excluding hydrogens is 146 g/mol. The lowest BCUT2D eigenvalue weighted by Gasteiger charge is -1.88. The maximum atomic E-state index is 7.39. The van der Waals surface area contributed by atoms with Gasteiger partial charge in [-0.25, -0.2) is 0 Å². The zero-order valence-corrected chi connectivity index (χ0v) is 7.67. The maximum Gasteiger partial charge on any atom is 0.0536 e. The molecule has 0 aliphatic carbocycles. The van der Waals surface area contributed by atoms with Gasteiger partial charge in [0, 0.05) is 0 Å². The fourth-order valence-corrected chi connectivity index (χ4v) is 0.698. The van der Waals surface area contributed by atoms with E-state index >= 15 is 0 Å². The first-order chi connectivity index (χ1) is 5.70. The molecule has 0 heterocycles. The van der Waals surface area contributed by atoms with Crippen LogP contribution in [0.5, 0.6) is 0 Å². The Kier molecular flexibility index (Phi) is 5.62. The second-order valence-electron chi connectivity index (χ2n) is 2.44. The van der Waals surface area contributed by atoms with Gasteiger partial charge in [0.05, 0.1) is 5.71 Å². The van der Waals surface area contributed by atoms with E-state index in [-0.39, 0.29) is 0 Å². The van der Waals surface area contributed by atoms with Crippen LogP contribution in [0.1, 0.15) is 13.8 Å². The standard InChI is InChI=1S/C11H15N/c1-4-6-10(3)8-9-11(12)7-5-2/h4-9,12H,1H2,2-3H3/b7-5-,9-8-,10-6+,12-11?. The molecule has 0 radical (unpaired) electrons. The zero-order valence-electron chi connectivity index (χ0n) is 7.67. The minimum absolute atomic E-state index is 0.509. The summed E-state index contributed by atoms with van der Waals surface area (Å²) in [5.74, 6) is 0. The van der Waals surface area contributed by atoms with Crippen LogP contribution >= 0.6 is 0 Å². The zero-order chi connectivity index (χ0) is 9.40. The van der Waals surface area contributed by atoms with Crippen LogP contribution in [-0.2, 0) is 0 Å². The van der Waals surface area contributed by atoms with E-state index < -0.39 is 0 Å². The highest BCUT2D eigenvalue weighted by molar-refractivity contribution is 6.01. The van der Waals surface area contributed by atoms with Gasteiger partial charge in [-0.1, -0.05) is 36.5 Å². The number of rotatable bonds is 4. The Balaban J connectivity index is 4.15. The van der Waals surface area contributed by atoms with E-state index in [2.05, 4.69) is 6.58 Å². The highest BCUT2D eigenvalue weighted by atomic mass is 14.4. The Hall–Kier alpha value is -1.37.